The van der Waals surface area contributed by atoms with E-state index in [1.165, 1.54) is 24.3 Å². The van der Waals surface area contributed by atoms with Gasteiger partial charge >= 0.3 is 5.92 Å². The van der Waals surface area contributed by atoms with Crippen LogP contribution in [0.1, 0.15) is 12.5 Å². The Morgan fingerprint density at radius 1 is 1.18 bits per heavy atom. The number of carbonyl (C=O) groups excluding carboxylic acids is 1. The summed E-state index contributed by atoms with van der Waals surface area (Å²) in [6, 6.07) is 8.74. The van der Waals surface area contributed by atoms with E-state index in [-0.39, 0.29) is 11.3 Å². The van der Waals surface area contributed by atoms with Crippen LogP contribution < -0.4 is 10.3 Å². The van der Waals surface area contributed by atoms with Gasteiger partial charge in [0.25, 0.3) is 5.91 Å². The predicted molar refractivity (Wildman–Crippen MR) is 119 cm³/mol. The van der Waals surface area contributed by atoms with Crippen molar-refractivity contribution in [3.63, 3.8) is 0 Å². The first-order valence-electron chi connectivity index (χ1n) is 9.66. The van der Waals surface area contributed by atoms with Gasteiger partial charge in [-0.05, 0) is 37.3 Å². The Hall–Kier alpha value is -4.02. The fraction of sp³-hybridized carbons (Fsp3) is 0.174. The molecule has 0 unspecified atom stereocenters. The summed E-state index contributed by atoms with van der Waals surface area (Å²) in [5.41, 5.74) is -3.89. The van der Waals surface area contributed by atoms with Gasteiger partial charge in [0.2, 0.25) is 0 Å². The van der Waals surface area contributed by atoms with Gasteiger partial charge in [-0.1, -0.05) is 18.2 Å². The minimum absolute atomic E-state index is 0.138. The third-order valence-electron chi connectivity index (χ3n) is 4.68. The van der Waals surface area contributed by atoms with Gasteiger partial charge in [0, 0.05) is 24.9 Å². The summed E-state index contributed by atoms with van der Waals surface area (Å²) in [6.07, 6.45) is 0. The van der Waals surface area contributed by atoms with Crippen LogP contribution in [0.4, 0.5) is 27.6 Å². The molecule has 0 aliphatic carbocycles. The Bertz CT molecular complexity index is 1180. The van der Waals surface area contributed by atoms with Crippen LogP contribution in [-0.4, -0.2) is 43.1 Å². The molecule has 0 spiro atoms. The molecule has 0 bridgehead atoms. The molecule has 0 heterocycles. The Morgan fingerprint density at radius 3 is 2.26 bits per heavy atom. The van der Waals surface area contributed by atoms with Crippen molar-refractivity contribution in [3.05, 3.63) is 88.3 Å². The summed E-state index contributed by atoms with van der Waals surface area (Å²) in [4.78, 5) is 12.5. The first-order valence-corrected chi connectivity index (χ1v) is 9.66. The van der Waals surface area contributed by atoms with Crippen molar-refractivity contribution in [2.24, 2.45) is 5.10 Å². The number of aliphatic hydroxyl groups excluding tert-OH is 1. The molecule has 0 aliphatic heterocycles. The van der Waals surface area contributed by atoms with Crippen molar-refractivity contribution in [2.45, 2.75) is 12.8 Å². The Morgan fingerprint density at radius 2 is 1.76 bits per heavy atom. The largest absolute Gasteiger partial charge is 0.507 e. The van der Waals surface area contributed by atoms with Gasteiger partial charge in [0.1, 0.15) is 28.7 Å². The third-order valence-corrected chi connectivity index (χ3v) is 4.68. The maximum absolute atomic E-state index is 14.8. The molecule has 180 valence electrons. The summed E-state index contributed by atoms with van der Waals surface area (Å²) >= 11 is 0. The highest BCUT2D eigenvalue weighted by molar-refractivity contribution is 6.27. The molecule has 11 heteroatoms. The smallest absolute Gasteiger partial charge is 0.317 e. The number of hydrogen-bond acceptors (Lipinski definition) is 5. The van der Waals surface area contributed by atoms with Crippen LogP contribution in [0.5, 0.6) is 0 Å². The number of benzene rings is 2. The van der Waals surface area contributed by atoms with E-state index in [2.05, 4.69) is 17.1 Å². The molecule has 0 radical (unpaired) electrons. The molecule has 3 N–H and O–H groups in total. The molecule has 0 saturated heterocycles. The Labute approximate surface area is 192 Å². The average molecular weight is 480 g/mol. The zero-order valence-electron chi connectivity index (χ0n) is 18.2. The zero-order valence-corrected chi connectivity index (χ0v) is 18.2. The van der Waals surface area contributed by atoms with Gasteiger partial charge in [0.15, 0.2) is 6.67 Å². The minimum Gasteiger partial charge on any atom is -0.507 e. The van der Waals surface area contributed by atoms with Crippen LogP contribution in [0.2, 0.25) is 0 Å². The van der Waals surface area contributed by atoms with Gasteiger partial charge in [-0.2, -0.15) is 13.9 Å². The van der Waals surface area contributed by atoms with Crippen LogP contribution in [0, 0.1) is 17.0 Å². The number of amides is 1. The Kier molecular flexibility index (Phi) is 8.28. The fourth-order valence-corrected chi connectivity index (χ4v) is 3.09. The van der Waals surface area contributed by atoms with Gasteiger partial charge < -0.3 is 10.4 Å². The molecule has 34 heavy (non-hydrogen) atoms. The van der Waals surface area contributed by atoms with E-state index in [4.69, 9.17) is 5.41 Å². The van der Waals surface area contributed by atoms with Crippen molar-refractivity contribution >= 4 is 24.0 Å². The van der Waals surface area contributed by atoms with Crippen molar-refractivity contribution < 1.29 is 31.9 Å². The normalized spacial score (nSPS) is 12.9. The monoisotopic (exact) mass is 480 g/mol. The van der Waals surface area contributed by atoms with E-state index in [0.717, 1.165) is 38.2 Å². The highest BCUT2D eigenvalue weighted by Crippen LogP contribution is 2.36. The number of rotatable bonds is 9. The van der Waals surface area contributed by atoms with E-state index in [0.29, 0.717) is 5.01 Å². The van der Waals surface area contributed by atoms with E-state index >= 15 is 0 Å². The molecule has 0 fully saturated rings. The molecule has 2 rings (SSSR count). The number of allylic oxidation sites excluding steroid dienone is 2. The number of carbonyl (C=O) groups is 1. The van der Waals surface area contributed by atoms with Crippen LogP contribution in [-0.2, 0) is 4.79 Å². The molecule has 2 aromatic rings. The van der Waals surface area contributed by atoms with Crippen LogP contribution >= 0.6 is 0 Å². The number of alkyl halides is 3. The highest BCUT2D eigenvalue weighted by atomic mass is 19.3. The summed E-state index contributed by atoms with van der Waals surface area (Å²) in [7, 11) is 1.16. The molecule has 0 aliphatic rings. The number of anilines is 1. The number of hydrazone groups is 1. The quantitative estimate of drug-likeness (QED) is 0.119. The van der Waals surface area contributed by atoms with Crippen molar-refractivity contribution in [1.82, 2.24) is 5.32 Å². The van der Waals surface area contributed by atoms with Crippen LogP contribution in [0.15, 0.2) is 76.2 Å². The lowest BCUT2D eigenvalue weighted by atomic mass is 9.96. The molecule has 1 amide bonds. The third kappa shape index (κ3) is 5.48. The maximum atomic E-state index is 14.8. The van der Waals surface area contributed by atoms with Crippen LogP contribution in [0.25, 0.3) is 0 Å². The Balaban J connectivity index is 2.87. The second-order valence-corrected chi connectivity index (χ2v) is 6.93. The summed E-state index contributed by atoms with van der Waals surface area (Å²) in [5, 5.41) is 25.2. The molecule has 0 aromatic heterocycles. The van der Waals surface area contributed by atoms with Crippen molar-refractivity contribution in [2.75, 3.05) is 18.7 Å². The lowest BCUT2D eigenvalue weighted by Gasteiger charge is -2.29. The molecule has 0 saturated carbocycles. The van der Waals surface area contributed by atoms with E-state index in [1.54, 1.807) is 0 Å². The van der Waals surface area contributed by atoms with E-state index < -0.39 is 58.5 Å². The lowest BCUT2D eigenvalue weighted by Crippen LogP contribution is -2.35. The molecule has 6 nitrogen and oxygen atoms in total. The molecule has 2 aromatic carbocycles. The van der Waals surface area contributed by atoms with Gasteiger partial charge in [-0.3, -0.25) is 10.2 Å². The van der Waals surface area contributed by atoms with Gasteiger partial charge in [-0.15, -0.1) is 0 Å². The first-order chi connectivity index (χ1) is 16.0. The fourth-order valence-electron chi connectivity index (χ4n) is 3.09. The second kappa shape index (κ2) is 10.7. The van der Waals surface area contributed by atoms with Crippen molar-refractivity contribution in [1.29, 1.82) is 5.41 Å². The number of aliphatic hydroxyl groups is 1. The molecule has 0 atom stereocenters. The van der Waals surface area contributed by atoms with Crippen molar-refractivity contribution in [3.8, 4) is 0 Å². The lowest BCUT2D eigenvalue weighted by molar-refractivity contribution is -0.116. The highest BCUT2D eigenvalue weighted by Gasteiger charge is 2.42. The maximum Gasteiger partial charge on any atom is 0.317 e. The summed E-state index contributed by atoms with van der Waals surface area (Å²) < 4.78 is 70.4. The minimum atomic E-state index is -4.28. The average Bonchev–Trinajstić information content (AvgIpc) is 2.81. The second-order valence-electron chi connectivity index (χ2n) is 6.93. The van der Waals surface area contributed by atoms with E-state index in [9.17, 15) is 31.9 Å². The zero-order chi connectivity index (χ0) is 25.6. The number of nitrogens with zero attached hydrogens (tertiary/aromatic N) is 2. The first kappa shape index (κ1) is 26.2. The standard InChI is InChI=1S/C23H21F5N4O2/c1-13(20(33)18(22(34)30-2)19(29)14-6-4-7-15(25)10-14)21(23(27,28)12-24)32(31-3)17-9-5-8-16(26)11-17/h4-11,29,33H,3,12H2,1-2H3,(H,30,34)/b20-18+,21-13+,29-19?. The summed E-state index contributed by atoms with van der Waals surface area (Å²) in [5.74, 6) is -8.02. The SMILES string of the molecule is C=NN(/C(=C(C)/C(O)=C(/C(=N)c1cccc(F)c1)C(=O)NC)C(F)(F)CF)c1cccc(F)c1. The number of likely N-dealkylation sites (N-methyl/N-ethyl adjacent to an activating group) is 1. The summed E-state index contributed by atoms with van der Waals surface area (Å²) in [6.45, 7) is 1.88. The molecular weight excluding hydrogens is 459 g/mol. The van der Waals surface area contributed by atoms with E-state index in [1.807, 2.05) is 0 Å². The van der Waals surface area contributed by atoms with Gasteiger partial charge in [0.05, 0.1) is 11.4 Å². The predicted octanol–water partition coefficient (Wildman–Crippen LogP) is 4.89. The molecular formula is C23H21F5N4O2. The number of hydrogen-bond donors (Lipinski definition) is 3. The van der Waals surface area contributed by atoms with Crippen LogP contribution in [0.3, 0.4) is 0 Å². The van der Waals surface area contributed by atoms with Gasteiger partial charge in [-0.25, -0.2) is 18.2 Å². The number of halogens is 5. The topological polar surface area (TPSA) is 88.8 Å². The number of nitrogens with one attached hydrogen (secondary N) is 2.